The van der Waals surface area contributed by atoms with Crippen molar-refractivity contribution in [1.82, 2.24) is 9.78 Å². The lowest BCUT2D eigenvalue weighted by atomic mass is 9.93. The highest BCUT2D eigenvalue weighted by Gasteiger charge is 2.39. The summed E-state index contributed by atoms with van der Waals surface area (Å²) in [5, 5.41) is 16.0. The molecule has 3 aromatic rings. The Labute approximate surface area is 220 Å². The predicted molar refractivity (Wildman–Crippen MR) is 146 cm³/mol. The molecule has 1 heterocycles. The van der Waals surface area contributed by atoms with Crippen LogP contribution in [0.15, 0.2) is 71.3 Å². The Morgan fingerprint density at radius 2 is 1.73 bits per heavy atom. The SMILES string of the molecule is O=S(=O)(c1ccccc1CC[C@]1(O)CC/C(=C/c2c(CCC3CC3)cnn2-c2ccccc2)C1)C1CC1. The van der Waals surface area contributed by atoms with E-state index in [9.17, 15) is 13.5 Å². The van der Waals surface area contributed by atoms with Crippen molar-refractivity contribution in [2.24, 2.45) is 5.92 Å². The molecule has 5 nitrogen and oxygen atoms in total. The first-order valence-electron chi connectivity index (χ1n) is 13.8. The van der Waals surface area contributed by atoms with E-state index in [4.69, 9.17) is 5.10 Å². The molecule has 0 radical (unpaired) electrons. The number of hydrogen-bond acceptors (Lipinski definition) is 4. The van der Waals surface area contributed by atoms with Crippen LogP contribution < -0.4 is 0 Å². The molecule has 0 unspecified atom stereocenters. The van der Waals surface area contributed by atoms with Crippen LogP contribution in [-0.2, 0) is 22.7 Å². The Morgan fingerprint density at radius 1 is 0.973 bits per heavy atom. The molecule has 0 saturated heterocycles. The van der Waals surface area contributed by atoms with Crippen LogP contribution in [0, 0.1) is 5.92 Å². The molecule has 3 fully saturated rings. The van der Waals surface area contributed by atoms with Crippen molar-refractivity contribution in [2.45, 2.75) is 86.4 Å². The fourth-order valence-electron chi connectivity index (χ4n) is 5.72. The summed E-state index contributed by atoms with van der Waals surface area (Å²) in [6.07, 6.45) is 14.0. The Hall–Kier alpha value is -2.70. The highest BCUT2D eigenvalue weighted by molar-refractivity contribution is 7.92. The average Bonchev–Trinajstić information content (AvgIpc) is 3.84. The van der Waals surface area contributed by atoms with Crippen LogP contribution >= 0.6 is 0 Å². The Bertz CT molecular complexity index is 1400. The number of hydrogen-bond donors (Lipinski definition) is 1. The average molecular weight is 517 g/mol. The van der Waals surface area contributed by atoms with Gasteiger partial charge in [-0.2, -0.15) is 5.10 Å². The third kappa shape index (κ3) is 5.46. The van der Waals surface area contributed by atoms with Gasteiger partial charge in [-0.15, -0.1) is 0 Å². The molecular formula is C31H36N2O3S. The number of rotatable bonds is 10. The molecule has 1 N–H and O–H groups in total. The third-order valence-corrected chi connectivity index (χ3v) is 10.7. The molecule has 3 aliphatic rings. The molecule has 0 bridgehead atoms. The van der Waals surface area contributed by atoms with Gasteiger partial charge in [0.1, 0.15) is 0 Å². The Kier molecular flexibility index (Phi) is 6.58. The topological polar surface area (TPSA) is 72.2 Å². The van der Waals surface area contributed by atoms with Gasteiger partial charge in [0.15, 0.2) is 9.84 Å². The van der Waals surface area contributed by atoms with Crippen molar-refractivity contribution >= 4 is 15.9 Å². The van der Waals surface area contributed by atoms with E-state index < -0.39 is 15.4 Å². The van der Waals surface area contributed by atoms with Gasteiger partial charge in [0.05, 0.1) is 33.3 Å². The molecule has 37 heavy (non-hydrogen) atoms. The second-order valence-electron chi connectivity index (χ2n) is 11.3. The quantitative estimate of drug-likeness (QED) is 0.354. The van der Waals surface area contributed by atoms with Gasteiger partial charge in [-0.3, -0.25) is 0 Å². The minimum atomic E-state index is -3.25. The lowest BCUT2D eigenvalue weighted by Crippen LogP contribution is -2.25. The third-order valence-electron chi connectivity index (χ3n) is 8.32. The molecule has 1 aromatic heterocycles. The normalized spacial score (nSPS) is 23.1. The predicted octanol–water partition coefficient (Wildman–Crippen LogP) is 6.08. The number of nitrogens with zero attached hydrogens (tertiary/aromatic N) is 2. The van der Waals surface area contributed by atoms with Crippen LogP contribution in [0.2, 0.25) is 0 Å². The van der Waals surface area contributed by atoms with Crippen LogP contribution in [0.1, 0.15) is 74.6 Å². The number of aromatic nitrogens is 2. The molecule has 0 amide bonds. The monoisotopic (exact) mass is 516 g/mol. The number of aryl methyl sites for hydroxylation is 2. The van der Waals surface area contributed by atoms with Gasteiger partial charge < -0.3 is 5.11 Å². The van der Waals surface area contributed by atoms with Crippen LogP contribution in [0.3, 0.4) is 0 Å². The number of aliphatic hydroxyl groups is 1. The Balaban J connectivity index is 1.20. The van der Waals surface area contributed by atoms with Gasteiger partial charge in [-0.25, -0.2) is 13.1 Å². The number of benzene rings is 2. The van der Waals surface area contributed by atoms with E-state index in [2.05, 4.69) is 18.2 Å². The zero-order chi connectivity index (χ0) is 25.5. The largest absolute Gasteiger partial charge is 0.390 e. The summed E-state index contributed by atoms with van der Waals surface area (Å²) in [5.41, 5.74) is 4.73. The maximum Gasteiger partial charge on any atom is 0.181 e. The smallest absolute Gasteiger partial charge is 0.181 e. The lowest BCUT2D eigenvalue weighted by molar-refractivity contribution is 0.0419. The van der Waals surface area contributed by atoms with Gasteiger partial charge >= 0.3 is 0 Å². The van der Waals surface area contributed by atoms with Gasteiger partial charge in [0, 0.05) is 0 Å². The minimum absolute atomic E-state index is 0.221. The maximum absolute atomic E-state index is 12.9. The van der Waals surface area contributed by atoms with Crippen molar-refractivity contribution < 1.29 is 13.5 Å². The second kappa shape index (κ2) is 9.88. The zero-order valence-electron chi connectivity index (χ0n) is 21.4. The molecule has 0 spiro atoms. The molecule has 6 heteroatoms. The fourth-order valence-corrected chi connectivity index (χ4v) is 7.63. The lowest BCUT2D eigenvalue weighted by Gasteiger charge is -2.22. The van der Waals surface area contributed by atoms with E-state index in [1.165, 1.54) is 30.4 Å². The van der Waals surface area contributed by atoms with Crippen molar-refractivity contribution in [3.8, 4) is 5.69 Å². The summed E-state index contributed by atoms with van der Waals surface area (Å²) in [7, 11) is -3.25. The summed E-state index contributed by atoms with van der Waals surface area (Å²) in [6.45, 7) is 0. The van der Waals surface area contributed by atoms with E-state index in [0.717, 1.165) is 48.5 Å². The van der Waals surface area contributed by atoms with E-state index >= 15 is 0 Å². The maximum atomic E-state index is 12.9. The van der Waals surface area contributed by atoms with Crippen LogP contribution in [-0.4, -0.2) is 34.2 Å². The molecule has 3 aliphatic carbocycles. The van der Waals surface area contributed by atoms with Crippen LogP contribution in [0.4, 0.5) is 0 Å². The summed E-state index contributed by atoms with van der Waals surface area (Å²) in [6, 6.07) is 17.6. The molecule has 2 aromatic carbocycles. The Morgan fingerprint density at radius 3 is 2.49 bits per heavy atom. The van der Waals surface area contributed by atoms with Gasteiger partial charge in [-0.1, -0.05) is 54.8 Å². The molecule has 3 saturated carbocycles. The summed E-state index contributed by atoms with van der Waals surface area (Å²) < 4.78 is 27.9. The van der Waals surface area contributed by atoms with E-state index in [0.29, 0.717) is 30.6 Å². The number of sulfone groups is 1. The zero-order valence-corrected chi connectivity index (χ0v) is 22.2. The fraction of sp³-hybridized carbons (Fsp3) is 0.452. The van der Waals surface area contributed by atoms with Crippen molar-refractivity contribution in [1.29, 1.82) is 0 Å². The summed E-state index contributed by atoms with van der Waals surface area (Å²) >= 11 is 0. The van der Waals surface area contributed by atoms with Crippen LogP contribution in [0.25, 0.3) is 11.8 Å². The first-order valence-corrected chi connectivity index (χ1v) is 15.3. The number of para-hydroxylation sites is 1. The highest BCUT2D eigenvalue weighted by atomic mass is 32.2. The van der Waals surface area contributed by atoms with Crippen molar-refractivity contribution in [3.63, 3.8) is 0 Å². The van der Waals surface area contributed by atoms with Gasteiger partial charge in [0.2, 0.25) is 0 Å². The summed E-state index contributed by atoms with van der Waals surface area (Å²) in [5.74, 6) is 0.865. The first-order chi connectivity index (χ1) is 17.9. The second-order valence-corrected chi connectivity index (χ2v) is 13.5. The highest BCUT2D eigenvalue weighted by Crippen LogP contribution is 2.41. The standard InChI is InChI=1S/C31H36N2O3S/c34-31(19-17-25-6-4-5-9-30(25)37(35,36)28-14-15-28)18-16-24(21-31)20-29-26(13-12-23-10-11-23)22-32-33(29)27-7-2-1-3-8-27/h1-9,20,22-23,28,34H,10-19,21H2/b24-20-/t31-/m1/s1. The van der Waals surface area contributed by atoms with E-state index in [-0.39, 0.29) is 5.25 Å². The van der Waals surface area contributed by atoms with Gasteiger partial charge in [-0.05, 0) is 99.1 Å². The molecule has 1 atom stereocenters. The van der Waals surface area contributed by atoms with E-state index in [1.807, 2.05) is 41.2 Å². The molecular weight excluding hydrogens is 480 g/mol. The molecule has 6 rings (SSSR count). The summed E-state index contributed by atoms with van der Waals surface area (Å²) in [4.78, 5) is 0.460. The molecule has 194 valence electrons. The molecule has 0 aliphatic heterocycles. The van der Waals surface area contributed by atoms with Crippen molar-refractivity contribution in [3.05, 3.63) is 83.2 Å². The van der Waals surface area contributed by atoms with E-state index in [1.54, 1.807) is 12.1 Å². The van der Waals surface area contributed by atoms with Crippen LogP contribution in [0.5, 0.6) is 0 Å². The van der Waals surface area contributed by atoms with Gasteiger partial charge in [0.25, 0.3) is 0 Å². The minimum Gasteiger partial charge on any atom is -0.390 e. The first kappa shape index (κ1) is 24.6. The van der Waals surface area contributed by atoms with Crippen molar-refractivity contribution in [2.75, 3.05) is 0 Å².